The summed E-state index contributed by atoms with van der Waals surface area (Å²) in [4.78, 5) is 27.8. The van der Waals surface area contributed by atoms with Gasteiger partial charge in [0, 0.05) is 36.6 Å². The van der Waals surface area contributed by atoms with Gasteiger partial charge in [-0.25, -0.2) is 19.6 Å². The van der Waals surface area contributed by atoms with Gasteiger partial charge in [-0.15, -0.1) is 0 Å². The minimum absolute atomic E-state index is 0.118. The number of benzene rings is 1. The van der Waals surface area contributed by atoms with E-state index in [1.165, 1.54) is 0 Å². The van der Waals surface area contributed by atoms with Crippen molar-refractivity contribution in [3.8, 4) is 17.3 Å². The maximum absolute atomic E-state index is 13.1. The Balaban J connectivity index is 1.43. The van der Waals surface area contributed by atoms with Gasteiger partial charge in [-0.1, -0.05) is 17.7 Å². The van der Waals surface area contributed by atoms with Crippen LogP contribution in [0, 0.1) is 11.3 Å². The largest absolute Gasteiger partial charge is 0.310 e. The van der Waals surface area contributed by atoms with Crippen LogP contribution in [0.3, 0.4) is 0 Å². The van der Waals surface area contributed by atoms with E-state index in [2.05, 4.69) is 31.4 Å². The van der Waals surface area contributed by atoms with Gasteiger partial charge in [0.25, 0.3) is 0 Å². The van der Waals surface area contributed by atoms with E-state index in [4.69, 9.17) is 11.6 Å². The van der Waals surface area contributed by atoms with E-state index < -0.39 is 0 Å². The monoisotopic (exact) mass is 498 g/mol. The summed E-state index contributed by atoms with van der Waals surface area (Å²) in [5, 5.41) is 17.8. The van der Waals surface area contributed by atoms with Crippen LogP contribution >= 0.6 is 11.6 Å². The van der Waals surface area contributed by atoms with Crippen LogP contribution in [0.15, 0.2) is 55.0 Å². The third kappa shape index (κ3) is 4.51. The summed E-state index contributed by atoms with van der Waals surface area (Å²) in [6.07, 6.45) is 5.75. The van der Waals surface area contributed by atoms with Gasteiger partial charge in [-0.2, -0.15) is 10.4 Å². The predicted molar refractivity (Wildman–Crippen MR) is 137 cm³/mol. The fourth-order valence-corrected chi connectivity index (χ4v) is 4.55. The highest BCUT2D eigenvalue weighted by Crippen LogP contribution is 2.36. The van der Waals surface area contributed by atoms with Crippen molar-refractivity contribution in [1.82, 2.24) is 24.7 Å². The minimum Gasteiger partial charge on any atom is -0.310 e. The topological polar surface area (TPSA) is 113 Å². The zero-order valence-electron chi connectivity index (χ0n) is 19.8. The van der Waals surface area contributed by atoms with Crippen molar-refractivity contribution >= 4 is 35.0 Å². The number of anilines is 3. The predicted octanol–water partition coefficient (Wildman–Crippen LogP) is 4.72. The van der Waals surface area contributed by atoms with Crippen molar-refractivity contribution < 1.29 is 4.79 Å². The summed E-state index contributed by atoms with van der Waals surface area (Å²) >= 11 is 6.15. The Labute approximate surface area is 213 Å². The molecular formula is C26H23ClN8O. The molecule has 0 aliphatic carbocycles. The van der Waals surface area contributed by atoms with E-state index in [0.717, 1.165) is 16.9 Å². The Hall–Kier alpha value is -4.29. The van der Waals surface area contributed by atoms with Crippen LogP contribution in [0.25, 0.3) is 11.3 Å². The zero-order chi connectivity index (χ0) is 25.2. The van der Waals surface area contributed by atoms with Crippen molar-refractivity contribution in [2.24, 2.45) is 0 Å². The molecule has 1 N–H and O–H groups in total. The van der Waals surface area contributed by atoms with E-state index in [-0.39, 0.29) is 18.4 Å². The number of aromatic nitrogens is 5. The lowest BCUT2D eigenvalue weighted by Crippen LogP contribution is -2.31. The fraction of sp³-hybridized carbons (Fsp3) is 0.231. The second kappa shape index (κ2) is 9.76. The molecule has 36 heavy (non-hydrogen) atoms. The van der Waals surface area contributed by atoms with Crippen LogP contribution < -0.4 is 10.2 Å². The smallest absolute Gasteiger partial charge is 0.231 e. The third-order valence-electron chi connectivity index (χ3n) is 6.01. The van der Waals surface area contributed by atoms with Crippen LogP contribution in [-0.2, 0) is 17.6 Å². The van der Waals surface area contributed by atoms with Crippen LogP contribution in [0.4, 0.5) is 17.5 Å². The molecule has 1 aromatic carbocycles. The molecule has 4 aromatic rings. The van der Waals surface area contributed by atoms with Gasteiger partial charge in [0.15, 0.2) is 0 Å². The number of hydrogen-bond acceptors (Lipinski definition) is 7. The molecule has 0 spiro atoms. The first kappa shape index (κ1) is 23.5. The molecule has 0 fully saturated rings. The first-order valence-electron chi connectivity index (χ1n) is 11.6. The number of carbonyl (C=O) groups excluding carboxylic acids is 1. The molecule has 0 radical (unpaired) electrons. The number of rotatable bonds is 6. The van der Waals surface area contributed by atoms with Gasteiger partial charge in [0.2, 0.25) is 11.9 Å². The summed E-state index contributed by atoms with van der Waals surface area (Å²) in [7, 11) is 0. The van der Waals surface area contributed by atoms with Crippen LogP contribution in [0.2, 0.25) is 5.15 Å². The van der Waals surface area contributed by atoms with E-state index >= 15 is 0 Å². The summed E-state index contributed by atoms with van der Waals surface area (Å²) < 4.78 is 1.85. The molecule has 9 nitrogen and oxygen atoms in total. The van der Waals surface area contributed by atoms with E-state index in [1.807, 2.05) is 30.7 Å². The highest BCUT2D eigenvalue weighted by Gasteiger charge is 2.29. The van der Waals surface area contributed by atoms with Gasteiger partial charge in [0.1, 0.15) is 17.0 Å². The summed E-state index contributed by atoms with van der Waals surface area (Å²) in [6, 6.07) is 13.4. The Morgan fingerprint density at radius 3 is 2.83 bits per heavy atom. The Morgan fingerprint density at radius 2 is 2.06 bits per heavy atom. The maximum atomic E-state index is 13.1. The van der Waals surface area contributed by atoms with Crippen LogP contribution in [-0.4, -0.2) is 37.2 Å². The number of fused-ring (bicyclic) bond motifs is 1. The van der Waals surface area contributed by atoms with Crippen molar-refractivity contribution in [2.45, 2.75) is 32.7 Å². The van der Waals surface area contributed by atoms with Gasteiger partial charge >= 0.3 is 0 Å². The van der Waals surface area contributed by atoms with Crippen molar-refractivity contribution in [3.63, 3.8) is 0 Å². The lowest BCUT2D eigenvalue weighted by atomic mass is 10.0. The van der Waals surface area contributed by atoms with Gasteiger partial charge in [-0.3, -0.25) is 4.79 Å². The lowest BCUT2D eigenvalue weighted by molar-refractivity contribution is -0.117. The first-order chi connectivity index (χ1) is 17.4. The highest BCUT2D eigenvalue weighted by molar-refractivity contribution is 6.30. The molecule has 5 rings (SSSR count). The Kier molecular flexibility index (Phi) is 6.36. The quantitative estimate of drug-likeness (QED) is 0.383. The molecule has 4 heterocycles. The van der Waals surface area contributed by atoms with Crippen molar-refractivity contribution in [2.75, 3.05) is 16.8 Å². The molecule has 0 saturated carbocycles. The second-order valence-corrected chi connectivity index (χ2v) is 9.07. The van der Waals surface area contributed by atoms with Gasteiger partial charge in [0.05, 0.1) is 29.6 Å². The Bertz CT molecular complexity index is 1490. The molecule has 0 saturated heterocycles. The summed E-state index contributed by atoms with van der Waals surface area (Å²) in [6.45, 7) is 4.59. The van der Waals surface area contributed by atoms with Crippen LogP contribution in [0.5, 0.6) is 0 Å². The standard InChI is InChI=1S/C26H23ClN8O/c1-16(2)35-22(6-10-31-35)33-26-30-9-5-21(32-26)19-12-17-7-11-34(24(17)20(13-19)15-28)23(36)14-18-4-3-8-29-25(18)27/h3-6,8-10,12-13,16H,7,11,14H2,1-2H3,(H,30,32,33). The number of nitrogens with one attached hydrogen (secondary N) is 1. The van der Waals surface area contributed by atoms with E-state index in [0.29, 0.717) is 46.6 Å². The van der Waals surface area contributed by atoms with Crippen molar-refractivity contribution in [3.05, 3.63) is 76.8 Å². The number of amides is 1. The molecule has 0 unspecified atom stereocenters. The number of pyridine rings is 1. The summed E-state index contributed by atoms with van der Waals surface area (Å²) in [5.74, 6) is 1.10. The number of carbonyl (C=O) groups is 1. The maximum Gasteiger partial charge on any atom is 0.231 e. The number of halogens is 1. The molecular weight excluding hydrogens is 476 g/mol. The molecule has 1 aliphatic rings. The Morgan fingerprint density at radius 1 is 1.19 bits per heavy atom. The average Bonchev–Trinajstić information content (AvgIpc) is 3.52. The number of hydrogen-bond donors (Lipinski definition) is 1. The molecule has 0 bridgehead atoms. The molecule has 1 aliphatic heterocycles. The summed E-state index contributed by atoms with van der Waals surface area (Å²) in [5.41, 5.74) is 4.14. The number of nitrogens with zero attached hydrogens (tertiary/aromatic N) is 7. The highest BCUT2D eigenvalue weighted by atomic mass is 35.5. The molecule has 180 valence electrons. The van der Waals surface area contributed by atoms with E-state index in [1.54, 1.807) is 47.8 Å². The SMILES string of the molecule is CC(C)n1nccc1Nc1nccc(-c2cc(C#N)c3c(c2)CCN3C(=O)Cc2cccnc2Cl)n1. The third-order valence-corrected chi connectivity index (χ3v) is 6.35. The molecule has 1 amide bonds. The fourth-order valence-electron chi connectivity index (χ4n) is 4.36. The first-order valence-corrected chi connectivity index (χ1v) is 11.9. The zero-order valence-corrected chi connectivity index (χ0v) is 20.6. The number of nitriles is 1. The van der Waals surface area contributed by atoms with E-state index in [9.17, 15) is 10.1 Å². The van der Waals surface area contributed by atoms with Crippen LogP contribution in [0.1, 0.15) is 36.6 Å². The lowest BCUT2D eigenvalue weighted by Gasteiger charge is -2.19. The minimum atomic E-state index is -0.122. The molecule has 10 heteroatoms. The second-order valence-electron chi connectivity index (χ2n) is 8.71. The normalized spacial score (nSPS) is 12.5. The van der Waals surface area contributed by atoms with Crippen molar-refractivity contribution in [1.29, 1.82) is 5.26 Å². The van der Waals surface area contributed by atoms with Gasteiger partial charge in [-0.05, 0) is 55.7 Å². The average molecular weight is 499 g/mol. The molecule has 3 aromatic heterocycles. The molecule has 0 atom stereocenters. The van der Waals surface area contributed by atoms with Gasteiger partial charge < -0.3 is 10.2 Å².